The van der Waals surface area contributed by atoms with Crippen LogP contribution < -0.4 is 4.90 Å². The van der Waals surface area contributed by atoms with E-state index in [2.05, 4.69) is 4.99 Å². The van der Waals surface area contributed by atoms with Crippen LogP contribution in [0.5, 0.6) is 0 Å². The topological polar surface area (TPSA) is 41.9 Å². The highest BCUT2D eigenvalue weighted by molar-refractivity contribution is 6.09. The Kier molecular flexibility index (Phi) is 5.44. The minimum absolute atomic E-state index is 0.291. The lowest BCUT2D eigenvalue weighted by Gasteiger charge is -2.11. The van der Waals surface area contributed by atoms with Crippen LogP contribution in [-0.2, 0) is 9.53 Å². The molecule has 0 saturated heterocycles. The lowest BCUT2D eigenvalue weighted by molar-refractivity contribution is -0.129. The molecule has 4 nitrogen and oxygen atoms in total. The molecule has 0 fully saturated rings. The lowest BCUT2D eigenvalue weighted by Crippen LogP contribution is -2.07. The Morgan fingerprint density at radius 2 is 1.58 bits per heavy atom. The van der Waals surface area contributed by atoms with Gasteiger partial charge in [0.2, 0.25) is 5.90 Å². The molecule has 26 heavy (non-hydrogen) atoms. The molecule has 130 valence electrons. The molecular formula is C22H20N2O2. The first kappa shape index (κ1) is 17.4. The van der Waals surface area contributed by atoms with Gasteiger partial charge in [0, 0.05) is 25.9 Å². The van der Waals surface area contributed by atoms with E-state index in [0.29, 0.717) is 11.6 Å². The van der Waals surface area contributed by atoms with E-state index in [1.807, 2.05) is 85.7 Å². The van der Waals surface area contributed by atoms with Crippen LogP contribution in [-0.4, -0.2) is 26.0 Å². The summed E-state index contributed by atoms with van der Waals surface area (Å²) in [5.74, 6) is -0.142. The van der Waals surface area contributed by atoms with Crippen molar-refractivity contribution in [3.63, 3.8) is 0 Å². The first-order valence-electron chi connectivity index (χ1n) is 8.31. The van der Waals surface area contributed by atoms with Crippen LogP contribution in [0.3, 0.4) is 0 Å². The van der Waals surface area contributed by atoms with Crippen LogP contribution in [0.15, 0.2) is 83.5 Å². The van der Waals surface area contributed by atoms with Crippen LogP contribution in [0.25, 0.3) is 12.2 Å². The van der Waals surface area contributed by atoms with E-state index in [1.54, 1.807) is 18.2 Å². The zero-order valence-corrected chi connectivity index (χ0v) is 14.8. The molecule has 2 aromatic rings. The summed E-state index contributed by atoms with van der Waals surface area (Å²) >= 11 is 0. The maximum absolute atomic E-state index is 11.9. The first-order chi connectivity index (χ1) is 12.6. The number of carbonyl (C=O) groups is 1. The predicted octanol–water partition coefficient (Wildman–Crippen LogP) is 4.32. The molecular weight excluding hydrogens is 324 g/mol. The highest BCUT2D eigenvalue weighted by Gasteiger charge is 2.20. The van der Waals surface area contributed by atoms with Crippen molar-refractivity contribution in [1.82, 2.24) is 0 Å². The van der Waals surface area contributed by atoms with Crippen LogP contribution in [0.1, 0.15) is 11.1 Å². The molecule has 0 bridgehead atoms. The molecule has 0 atom stereocenters. The summed E-state index contributed by atoms with van der Waals surface area (Å²) < 4.78 is 5.17. The minimum atomic E-state index is -0.440. The smallest absolute Gasteiger partial charge is 0.363 e. The molecule has 0 spiro atoms. The van der Waals surface area contributed by atoms with Gasteiger partial charge in [-0.1, -0.05) is 54.6 Å². The third kappa shape index (κ3) is 4.57. The normalized spacial score (nSPS) is 15.7. The van der Waals surface area contributed by atoms with E-state index in [1.165, 1.54) is 0 Å². The summed E-state index contributed by atoms with van der Waals surface area (Å²) in [7, 11) is 4.00. The van der Waals surface area contributed by atoms with Crippen molar-refractivity contribution in [3.05, 3.63) is 89.6 Å². The van der Waals surface area contributed by atoms with E-state index in [4.69, 9.17) is 4.74 Å². The summed E-state index contributed by atoms with van der Waals surface area (Å²) in [5.41, 5.74) is 3.48. The van der Waals surface area contributed by atoms with Gasteiger partial charge < -0.3 is 9.64 Å². The zero-order chi connectivity index (χ0) is 18.4. The number of hydrogen-bond acceptors (Lipinski definition) is 4. The van der Waals surface area contributed by atoms with Crippen molar-refractivity contribution in [3.8, 4) is 0 Å². The van der Waals surface area contributed by atoms with Gasteiger partial charge in [0.25, 0.3) is 0 Å². The van der Waals surface area contributed by atoms with Gasteiger partial charge in [-0.2, -0.15) is 0 Å². The Balaban J connectivity index is 1.67. The highest BCUT2D eigenvalue weighted by atomic mass is 16.6. The molecule has 1 heterocycles. The van der Waals surface area contributed by atoms with E-state index in [-0.39, 0.29) is 0 Å². The van der Waals surface area contributed by atoms with Gasteiger partial charge in [-0.15, -0.1) is 0 Å². The lowest BCUT2D eigenvalue weighted by atomic mass is 10.2. The summed E-state index contributed by atoms with van der Waals surface area (Å²) in [6.07, 6.45) is 8.93. The minimum Gasteiger partial charge on any atom is -0.403 e. The van der Waals surface area contributed by atoms with Crippen LogP contribution in [0.2, 0.25) is 0 Å². The second-order valence-electron chi connectivity index (χ2n) is 5.98. The Morgan fingerprint density at radius 3 is 2.27 bits per heavy atom. The SMILES string of the molecule is CN(C)c1ccc(/C=C/C2=NC(=C\C=C\c3ccccc3)/C(=O)O2)cc1. The average molecular weight is 344 g/mol. The molecule has 0 amide bonds. The number of aliphatic imine (C=N–C) groups is 1. The van der Waals surface area contributed by atoms with Gasteiger partial charge in [0.15, 0.2) is 5.70 Å². The van der Waals surface area contributed by atoms with Gasteiger partial charge in [-0.05, 0) is 35.4 Å². The van der Waals surface area contributed by atoms with Gasteiger partial charge in [-0.25, -0.2) is 9.79 Å². The van der Waals surface area contributed by atoms with E-state index < -0.39 is 5.97 Å². The number of allylic oxidation sites excluding steroid dienone is 2. The number of anilines is 1. The van der Waals surface area contributed by atoms with Crippen LogP contribution in [0, 0.1) is 0 Å². The fraction of sp³-hybridized carbons (Fsp3) is 0.0909. The Labute approximate surface area is 153 Å². The van der Waals surface area contributed by atoms with Gasteiger partial charge in [-0.3, -0.25) is 0 Å². The molecule has 3 rings (SSSR count). The van der Waals surface area contributed by atoms with Crippen molar-refractivity contribution in [2.75, 3.05) is 19.0 Å². The Hall–Kier alpha value is -3.40. The quantitative estimate of drug-likeness (QED) is 0.599. The number of nitrogens with zero attached hydrogens (tertiary/aromatic N) is 2. The second-order valence-corrected chi connectivity index (χ2v) is 5.98. The molecule has 0 aliphatic carbocycles. The van der Waals surface area contributed by atoms with Crippen molar-refractivity contribution < 1.29 is 9.53 Å². The maximum atomic E-state index is 11.9. The van der Waals surface area contributed by atoms with Gasteiger partial charge in [0.1, 0.15) is 0 Å². The van der Waals surface area contributed by atoms with Crippen molar-refractivity contribution in [1.29, 1.82) is 0 Å². The molecule has 0 radical (unpaired) electrons. The second kappa shape index (κ2) is 8.12. The van der Waals surface area contributed by atoms with Gasteiger partial charge in [0.05, 0.1) is 0 Å². The predicted molar refractivity (Wildman–Crippen MR) is 107 cm³/mol. The largest absolute Gasteiger partial charge is 0.403 e. The number of benzene rings is 2. The summed E-state index contributed by atoms with van der Waals surface area (Å²) in [5, 5.41) is 0. The Bertz CT molecular complexity index is 889. The molecule has 4 heteroatoms. The third-order valence-corrected chi connectivity index (χ3v) is 3.81. The number of ether oxygens (including phenoxy) is 1. The van der Waals surface area contributed by atoms with Crippen LogP contribution >= 0.6 is 0 Å². The van der Waals surface area contributed by atoms with Crippen molar-refractivity contribution >= 4 is 29.7 Å². The molecule has 0 saturated carbocycles. The number of hydrogen-bond donors (Lipinski definition) is 0. The zero-order valence-electron chi connectivity index (χ0n) is 14.8. The number of carbonyl (C=O) groups excluding carboxylic acids is 1. The number of cyclic esters (lactones) is 1. The number of esters is 1. The first-order valence-corrected chi connectivity index (χ1v) is 8.31. The molecule has 0 unspecified atom stereocenters. The van der Waals surface area contributed by atoms with Crippen LogP contribution in [0.4, 0.5) is 5.69 Å². The molecule has 1 aliphatic heterocycles. The summed E-state index contributed by atoms with van der Waals surface area (Å²) in [6.45, 7) is 0. The van der Waals surface area contributed by atoms with Crippen molar-refractivity contribution in [2.24, 2.45) is 4.99 Å². The molecule has 0 N–H and O–H groups in total. The molecule has 1 aliphatic rings. The fourth-order valence-electron chi connectivity index (χ4n) is 2.38. The highest BCUT2D eigenvalue weighted by Crippen LogP contribution is 2.16. The Morgan fingerprint density at radius 1 is 0.885 bits per heavy atom. The fourth-order valence-corrected chi connectivity index (χ4v) is 2.38. The average Bonchev–Trinajstić information content (AvgIpc) is 3.01. The van der Waals surface area contributed by atoms with E-state index in [9.17, 15) is 4.79 Å². The molecule has 0 aromatic heterocycles. The standard InChI is InChI=1S/C22H20N2O2/c1-24(2)19-14-11-18(12-15-19)13-16-21-23-20(22(25)26-21)10-6-9-17-7-4-3-5-8-17/h3-16H,1-2H3/b9-6+,16-13+,20-10-. The summed E-state index contributed by atoms with van der Waals surface area (Å²) in [6, 6.07) is 17.9. The molecule has 2 aromatic carbocycles. The van der Waals surface area contributed by atoms with E-state index in [0.717, 1.165) is 16.8 Å². The third-order valence-electron chi connectivity index (χ3n) is 3.81. The maximum Gasteiger partial charge on any atom is 0.363 e. The summed E-state index contributed by atoms with van der Waals surface area (Å²) in [4.78, 5) is 18.1. The van der Waals surface area contributed by atoms with Gasteiger partial charge >= 0.3 is 5.97 Å². The van der Waals surface area contributed by atoms with Crippen molar-refractivity contribution in [2.45, 2.75) is 0 Å². The van der Waals surface area contributed by atoms with E-state index >= 15 is 0 Å². The number of rotatable bonds is 5. The monoisotopic (exact) mass is 344 g/mol.